The summed E-state index contributed by atoms with van der Waals surface area (Å²) in [6.45, 7) is 17.1. The zero-order valence-electron chi connectivity index (χ0n) is 46.8. The van der Waals surface area contributed by atoms with Crippen molar-refractivity contribution in [1.82, 2.24) is 19.9 Å². The predicted octanol–water partition coefficient (Wildman–Crippen LogP) is 11.4. The monoisotopic (exact) mass is 1090 g/mol. The number of anilines is 4. The van der Waals surface area contributed by atoms with E-state index < -0.39 is 23.6 Å². The largest absolute Gasteiger partial charge is 0.493 e. The molecule has 0 aliphatic carbocycles. The number of hydrogen-bond acceptors (Lipinski definition) is 16. The highest BCUT2D eigenvalue weighted by Crippen LogP contribution is 2.43. The number of rotatable bonds is 16. The molecule has 0 fully saturated rings. The Morgan fingerprint density at radius 1 is 0.338 bits per heavy atom. The first kappa shape index (κ1) is 55.6. The minimum atomic E-state index is -0.662. The van der Waals surface area contributed by atoms with Gasteiger partial charge in [0.2, 0.25) is 0 Å². The smallest absolute Gasteiger partial charge is 0.274 e. The molecule has 20 heteroatoms. The predicted molar refractivity (Wildman–Crippen MR) is 306 cm³/mol. The van der Waals surface area contributed by atoms with E-state index in [2.05, 4.69) is 21.3 Å². The van der Waals surface area contributed by atoms with E-state index in [1.54, 1.807) is 48.5 Å². The van der Waals surface area contributed by atoms with Crippen molar-refractivity contribution in [3.8, 4) is 46.0 Å². The van der Waals surface area contributed by atoms with Crippen LogP contribution >= 0.6 is 0 Å². The normalized spacial score (nSPS) is 12.9. The summed E-state index contributed by atoms with van der Waals surface area (Å²) < 4.78 is 49.2. The number of nitrogens with one attached hydrogen (secondary N) is 4. The number of carbonyl (C=O) groups excluding carboxylic acids is 4. The zero-order valence-corrected chi connectivity index (χ0v) is 46.8. The van der Waals surface area contributed by atoms with Crippen molar-refractivity contribution in [1.29, 1.82) is 0 Å². The molecule has 0 atom stereocenters. The van der Waals surface area contributed by atoms with Gasteiger partial charge in [0.15, 0.2) is 23.0 Å². The molecule has 0 unspecified atom stereocenters. The van der Waals surface area contributed by atoms with Crippen molar-refractivity contribution >= 4 is 90.0 Å². The number of methoxy groups -OCH3 is 4. The van der Waals surface area contributed by atoms with Crippen LogP contribution in [-0.4, -0.2) is 98.4 Å². The molecule has 12 bridgehead atoms. The van der Waals surface area contributed by atoms with Crippen LogP contribution in [0.2, 0.25) is 0 Å². The first-order valence-electron chi connectivity index (χ1n) is 26.2. The third kappa shape index (κ3) is 11.4. The Morgan fingerprint density at radius 3 is 0.713 bits per heavy atom. The fraction of sp³-hybridized carbons (Fsp3) is 0.333. The molecule has 0 spiro atoms. The van der Waals surface area contributed by atoms with Crippen molar-refractivity contribution in [2.75, 3.05) is 76.1 Å². The minimum Gasteiger partial charge on any atom is -0.493 e. The van der Waals surface area contributed by atoms with Crippen LogP contribution in [0.3, 0.4) is 0 Å². The van der Waals surface area contributed by atoms with Crippen LogP contribution in [0.4, 0.5) is 22.7 Å². The summed E-state index contributed by atoms with van der Waals surface area (Å²) in [7, 11) is 5.68. The van der Waals surface area contributed by atoms with Gasteiger partial charge >= 0.3 is 0 Å². The van der Waals surface area contributed by atoms with E-state index in [-0.39, 0.29) is 114 Å². The molecule has 1 aliphatic heterocycles. The summed E-state index contributed by atoms with van der Waals surface area (Å²) in [5, 5.41) is 13.7. The molecule has 416 valence electrons. The van der Waals surface area contributed by atoms with E-state index in [0.29, 0.717) is 71.0 Å². The number of aromatic nitrogens is 4. The molecule has 20 nitrogen and oxygen atoms in total. The maximum atomic E-state index is 14.6. The van der Waals surface area contributed by atoms with E-state index in [1.807, 2.05) is 55.4 Å². The van der Waals surface area contributed by atoms with E-state index in [4.69, 9.17) is 57.8 Å². The quantitative estimate of drug-likeness (QED) is 0.0703. The van der Waals surface area contributed by atoms with Gasteiger partial charge in [-0.25, -0.2) is 19.9 Å². The van der Waals surface area contributed by atoms with Gasteiger partial charge in [-0.3, -0.25) is 19.2 Å². The Kier molecular flexibility index (Phi) is 16.3. The highest BCUT2D eigenvalue weighted by molar-refractivity contribution is 6.14. The van der Waals surface area contributed by atoms with Gasteiger partial charge < -0.3 is 59.2 Å². The summed E-state index contributed by atoms with van der Waals surface area (Å²) in [4.78, 5) is 77.8. The zero-order chi connectivity index (χ0) is 57.1. The Hall–Kier alpha value is -9.20. The summed E-state index contributed by atoms with van der Waals surface area (Å²) in [6.07, 6.45) is 0. The first-order chi connectivity index (χ1) is 38.4. The van der Waals surface area contributed by atoms with E-state index in [1.165, 1.54) is 52.7 Å². The molecule has 4 aromatic heterocycles. The lowest BCUT2D eigenvalue weighted by molar-refractivity contribution is 0.101. The van der Waals surface area contributed by atoms with E-state index in [0.717, 1.165) is 0 Å². The fourth-order valence-electron chi connectivity index (χ4n) is 8.88. The Balaban J connectivity index is 1.28. The van der Waals surface area contributed by atoms with Crippen LogP contribution in [-0.2, 0) is 0 Å². The first-order valence-corrected chi connectivity index (χ1v) is 26.2. The van der Waals surface area contributed by atoms with Crippen LogP contribution in [0.1, 0.15) is 97.3 Å². The topological polar surface area (TPSA) is 242 Å². The molecule has 80 heavy (non-hydrogen) atoms. The second kappa shape index (κ2) is 23.4. The standard InChI is InChI=1S/C60H64N8O12/c1-29(2)25-77-45-21-41-57(69)65-38-18-14-34-47(79-27-31(5)6)23-43(63-50(34)54(38)74-10)59(71)67-40-20-16-36-48(80-28-32(7)8)24-44(64-52(36)56(40)76-12)60(72)68-39-19-15-35-46(78-26-30(3)4)22-42(62-51(35)55(39)75-11)58(70)66-37-17-13-33(45)49(61-41)53(37)73-9/h13-24,29-32H,25-28H2,1-12H3,(H,65,69)(H,66,70)(H,67,71)(H,68,72). The number of pyridine rings is 4. The van der Waals surface area contributed by atoms with Crippen molar-refractivity contribution < 1.29 is 57.1 Å². The number of nitrogens with zero attached hydrogens (tertiary/aromatic N) is 4. The van der Waals surface area contributed by atoms with E-state index >= 15 is 0 Å². The third-order valence-electron chi connectivity index (χ3n) is 12.6. The van der Waals surface area contributed by atoms with Crippen molar-refractivity contribution in [3.05, 3.63) is 95.6 Å². The number of amides is 4. The molecule has 8 aromatic rings. The van der Waals surface area contributed by atoms with Gasteiger partial charge in [-0.1, -0.05) is 55.4 Å². The maximum absolute atomic E-state index is 14.6. The average molecular weight is 1090 g/mol. The number of ether oxygens (including phenoxy) is 8. The molecule has 1 aliphatic rings. The molecule has 0 saturated heterocycles. The number of fused-ring (bicyclic) bond motifs is 8. The van der Waals surface area contributed by atoms with Crippen LogP contribution in [0.15, 0.2) is 72.8 Å². The van der Waals surface area contributed by atoms with E-state index in [9.17, 15) is 19.2 Å². The molecular formula is C60H64N8O12. The highest BCUT2D eigenvalue weighted by Gasteiger charge is 2.27. The Labute approximate surface area is 462 Å². The molecular weight excluding hydrogens is 1020 g/mol. The second-order valence-electron chi connectivity index (χ2n) is 20.8. The fourth-order valence-corrected chi connectivity index (χ4v) is 8.88. The van der Waals surface area contributed by atoms with Crippen LogP contribution in [0, 0.1) is 23.7 Å². The summed E-state index contributed by atoms with van der Waals surface area (Å²) >= 11 is 0. The average Bonchev–Trinajstić information content (AvgIpc) is 3.58. The SMILES string of the molecule is COc1c2ccc3c(OCC(C)C)cc(nc13)C(=O)Nc1ccc3c(OCC(C)C)cc(nc3c1OC)C(=O)Nc1ccc3c(OCC(C)C)cc(nc3c1OC)C(=O)Nc1ccc3c(OCC(C)C)cc(nc3c1OC)C(=O)N2. The maximum Gasteiger partial charge on any atom is 0.274 e. The molecule has 9 rings (SSSR count). The summed E-state index contributed by atoms with van der Waals surface area (Å²) in [5.74, 6) is -0.424. The van der Waals surface area contributed by atoms with Crippen molar-refractivity contribution in [2.45, 2.75) is 55.4 Å². The van der Waals surface area contributed by atoms with Gasteiger partial charge in [0, 0.05) is 45.8 Å². The Bertz CT molecular complexity index is 3270. The lowest BCUT2D eigenvalue weighted by Crippen LogP contribution is -2.18. The molecule has 0 radical (unpaired) electrons. The molecule has 4 N–H and O–H groups in total. The highest BCUT2D eigenvalue weighted by atomic mass is 16.5. The number of benzene rings is 4. The number of carbonyl (C=O) groups is 4. The van der Waals surface area contributed by atoms with Gasteiger partial charge in [-0.05, 0) is 72.2 Å². The van der Waals surface area contributed by atoms with Crippen molar-refractivity contribution in [3.63, 3.8) is 0 Å². The van der Waals surface area contributed by atoms with Crippen LogP contribution in [0.5, 0.6) is 46.0 Å². The third-order valence-corrected chi connectivity index (χ3v) is 12.6. The van der Waals surface area contributed by atoms with Crippen molar-refractivity contribution in [2.24, 2.45) is 23.7 Å². The summed E-state index contributed by atoms with van der Waals surface area (Å²) in [6, 6.07) is 19.5. The molecule has 0 saturated carbocycles. The lowest BCUT2D eigenvalue weighted by atomic mass is 10.1. The second-order valence-corrected chi connectivity index (χ2v) is 20.8. The lowest BCUT2D eigenvalue weighted by Gasteiger charge is -2.19. The molecule has 5 heterocycles. The van der Waals surface area contributed by atoms with Gasteiger partial charge in [0.05, 0.1) is 77.6 Å². The number of hydrogen-bond donors (Lipinski definition) is 4. The van der Waals surface area contributed by atoms with Gasteiger partial charge in [-0.2, -0.15) is 0 Å². The van der Waals surface area contributed by atoms with Gasteiger partial charge in [-0.15, -0.1) is 0 Å². The molecule has 4 aromatic carbocycles. The van der Waals surface area contributed by atoms with Crippen LogP contribution < -0.4 is 59.2 Å². The Morgan fingerprint density at radius 2 is 0.537 bits per heavy atom. The van der Waals surface area contributed by atoms with Crippen LogP contribution in [0.25, 0.3) is 43.6 Å². The summed E-state index contributed by atoms with van der Waals surface area (Å²) in [5.41, 5.74) is 1.28. The molecule has 4 amide bonds. The minimum absolute atomic E-state index is 0.0712. The van der Waals surface area contributed by atoms with Gasteiger partial charge in [0.1, 0.15) is 67.8 Å². The van der Waals surface area contributed by atoms with Gasteiger partial charge in [0.25, 0.3) is 23.6 Å².